The zero-order chi connectivity index (χ0) is 18.6. The van der Waals surface area contributed by atoms with E-state index in [1.54, 1.807) is 26.0 Å². The van der Waals surface area contributed by atoms with Crippen molar-refractivity contribution in [1.82, 2.24) is 0 Å². The Morgan fingerprint density at radius 1 is 1.16 bits per heavy atom. The van der Waals surface area contributed by atoms with Crippen LogP contribution in [0.4, 0.5) is 0 Å². The number of aryl methyl sites for hydroxylation is 1. The van der Waals surface area contributed by atoms with E-state index in [1.807, 2.05) is 37.3 Å². The summed E-state index contributed by atoms with van der Waals surface area (Å²) < 4.78 is 5.86. The highest BCUT2D eigenvalue weighted by Crippen LogP contribution is 2.37. The van der Waals surface area contributed by atoms with Crippen molar-refractivity contribution < 1.29 is 14.6 Å². The minimum atomic E-state index is -0.943. The number of carboxylic acids is 1. The number of ether oxygens (including phenoxy) is 1. The van der Waals surface area contributed by atoms with Gasteiger partial charge < -0.3 is 9.84 Å². The van der Waals surface area contributed by atoms with Crippen molar-refractivity contribution in [3.63, 3.8) is 0 Å². The second kappa shape index (κ2) is 8.28. The molecular formula is C20H19ClO3S. The number of halogens is 1. The number of para-hydroxylation sites is 1. The number of rotatable bonds is 6. The first-order valence-electron chi connectivity index (χ1n) is 7.60. The highest BCUT2D eigenvalue weighted by molar-refractivity contribution is 8.12. The third kappa shape index (κ3) is 4.91. The molecule has 0 amide bonds. The lowest BCUT2D eigenvalue weighted by molar-refractivity contribution is -0.131. The number of allylic oxidation sites excluding steroid dienone is 1. The Labute approximate surface area is 157 Å². The molecule has 130 valence electrons. The lowest BCUT2D eigenvalue weighted by Gasteiger charge is -2.13. The highest BCUT2D eigenvalue weighted by Gasteiger charge is 2.14. The van der Waals surface area contributed by atoms with Crippen LogP contribution in [-0.2, 0) is 4.79 Å². The number of carboxylic acid groups (broad SMARTS) is 1. The fourth-order valence-corrected chi connectivity index (χ4v) is 3.08. The van der Waals surface area contributed by atoms with Gasteiger partial charge in [-0.15, -0.1) is 0 Å². The van der Waals surface area contributed by atoms with E-state index < -0.39 is 5.97 Å². The average molecular weight is 375 g/mol. The Hall–Kier alpha value is -2.17. The van der Waals surface area contributed by atoms with Gasteiger partial charge in [-0.25, -0.2) is 4.79 Å². The van der Waals surface area contributed by atoms with E-state index in [0.29, 0.717) is 26.3 Å². The topological polar surface area (TPSA) is 46.5 Å². The first-order chi connectivity index (χ1) is 11.8. The highest BCUT2D eigenvalue weighted by atomic mass is 35.5. The van der Waals surface area contributed by atoms with Crippen LogP contribution >= 0.6 is 23.4 Å². The molecule has 0 aliphatic rings. The number of carbonyl (C=O) groups is 1. The molecule has 5 heteroatoms. The number of aliphatic carboxylic acids is 1. The molecule has 1 N–H and O–H groups in total. The van der Waals surface area contributed by atoms with Crippen molar-refractivity contribution in [3.05, 3.63) is 75.7 Å². The molecule has 0 bridgehead atoms. The van der Waals surface area contributed by atoms with Gasteiger partial charge in [-0.2, -0.15) is 0 Å². The zero-order valence-corrected chi connectivity index (χ0v) is 15.9. The maximum Gasteiger partial charge on any atom is 0.342 e. The molecule has 0 aromatic heterocycles. The summed E-state index contributed by atoms with van der Waals surface area (Å²) >= 11 is 7.28. The van der Waals surface area contributed by atoms with E-state index in [9.17, 15) is 9.90 Å². The standard InChI is InChI=1S/C20H19ClO3S/c1-12(2)19(20(22)23)25-14(4)15-9-10-17(13(3)11-15)24-18-8-6-5-7-16(18)21/h5-11H,4H2,1-3H3,(H,22,23). The number of thioether (sulfide) groups is 1. The molecule has 3 nitrogen and oxygen atoms in total. The van der Waals surface area contributed by atoms with Crippen molar-refractivity contribution >= 4 is 34.2 Å². The summed E-state index contributed by atoms with van der Waals surface area (Å²) in [6.07, 6.45) is 0. The van der Waals surface area contributed by atoms with E-state index in [4.69, 9.17) is 16.3 Å². The first-order valence-corrected chi connectivity index (χ1v) is 8.80. The zero-order valence-electron chi connectivity index (χ0n) is 14.3. The van der Waals surface area contributed by atoms with Gasteiger partial charge in [-0.1, -0.05) is 53.7 Å². The summed E-state index contributed by atoms with van der Waals surface area (Å²) in [4.78, 5) is 12.3. The van der Waals surface area contributed by atoms with Gasteiger partial charge in [-0.05, 0) is 56.2 Å². The predicted octanol–water partition coefficient (Wildman–Crippen LogP) is 6.52. The SMILES string of the molecule is C=C(SC(C(=O)O)=C(C)C)c1ccc(Oc2ccccc2Cl)c(C)c1. The quantitative estimate of drug-likeness (QED) is 0.584. The Bertz CT molecular complexity index is 852. The summed E-state index contributed by atoms with van der Waals surface area (Å²) in [6, 6.07) is 12.9. The smallest absolute Gasteiger partial charge is 0.342 e. The van der Waals surface area contributed by atoms with Gasteiger partial charge >= 0.3 is 5.97 Å². The molecule has 2 aromatic rings. The van der Waals surface area contributed by atoms with Crippen molar-refractivity contribution in [2.45, 2.75) is 20.8 Å². The maximum atomic E-state index is 11.3. The lowest BCUT2D eigenvalue weighted by Crippen LogP contribution is -1.99. The molecule has 0 saturated heterocycles. The molecule has 0 heterocycles. The summed E-state index contributed by atoms with van der Waals surface area (Å²) in [5.74, 6) is 0.336. The molecule has 2 aromatic carbocycles. The third-order valence-corrected chi connectivity index (χ3v) is 5.01. The van der Waals surface area contributed by atoms with Gasteiger partial charge in [0.15, 0.2) is 0 Å². The molecule has 0 atom stereocenters. The van der Waals surface area contributed by atoms with Crippen LogP contribution in [0.25, 0.3) is 4.91 Å². The fourth-order valence-electron chi connectivity index (χ4n) is 2.13. The molecular weight excluding hydrogens is 356 g/mol. The van der Waals surface area contributed by atoms with Crippen LogP contribution in [0.2, 0.25) is 5.02 Å². The monoisotopic (exact) mass is 374 g/mol. The molecule has 2 rings (SSSR count). The van der Waals surface area contributed by atoms with E-state index in [-0.39, 0.29) is 0 Å². The van der Waals surface area contributed by atoms with Crippen LogP contribution in [-0.4, -0.2) is 11.1 Å². The van der Waals surface area contributed by atoms with Gasteiger partial charge in [-0.3, -0.25) is 0 Å². The minimum Gasteiger partial charge on any atom is -0.477 e. The van der Waals surface area contributed by atoms with Crippen LogP contribution in [0, 0.1) is 6.92 Å². The molecule has 0 spiro atoms. The summed E-state index contributed by atoms with van der Waals surface area (Å²) in [6.45, 7) is 9.47. The van der Waals surface area contributed by atoms with E-state index in [1.165, 1.54) is 0 Å². The normalized spacial score (nSPS) is 10.2. The molecule has 0 saturated carbocycles. The van der Waals surface area contributed by atoms with Crippen LogP contribution in [0.5, 0.6) is 11.5 Å². The van der Waals surface area contributed by atoms with Crippen molar-refractivity contribution in [1.29, 1.82) is 0 Å². The second-order valence-electron chi connectivity index (χ2n) is 5.67. The van der Waals surface area contributed by atoms with Gasteiger partial charge in [0, 0.05) is 4.91 Å². The average Bonchev–Trinajstić information content (AvgIpc) is 2.55. The van der Waals surface area contributed by atoms with Crippen molar-refractivity contribution in [2.75, 3.05) is 0 Å². The van der Waals surface area contributed by atoms with Crippen LogP contribution < -0.4 is 4.74 Å². The maximum absolute atomic E-state index is 11.3. The van der Waals surface area contributed by atoms with Gasteiger partial charge in [0.05, 0.1) is 9.93 Å². The Kier molecular flexibility index (Phi) is 6.34. The predicted molar refractivity (Wildman–Crippen MR) is 105 cm³/mol. The van der Waals surface area contributed by atoms with Crippen LogP contribution in [0.1, 0.15) is 25.0 Å². The van der Waals surface area contributed by atoms with Gasteiger partial charge in [0.25, 0.3) is 0 Å². The van der Waals surface area contributed by atoms with E-state index in [2.05, 4.69) is 6.58 Å². The molecule has 25 heavy (non-hydrogen) atoms. The molecule has 0 aliphatic heterocycles. The molecule has 0 unspecified atom stereocenters. The molecule has 0 aliphatic carbocycles. The van der Waals surface area contributed by atoms with Gasteiger partial charge in [0.2, 0.25) is 0 Å². The number of hydrogen-bond acceptors (Lipinski definition) is 3. The summed E-state index contributed by atoms with van der Waals surface area (Å²) in [5, 5.41) is 9.82. The number of hydrogen-bond donors (Lipinski definition) is 1. The lowest BCUT2D eigenvalue weighted by atomic mass is 10.1. The van der Waals surface area contributed by atoms with E-state index in [0.717, 1.165) is 28.5 Å². The minimum absolute atomic E-state index is 0.291. The first kappa shape index (κ1) is 19.2. The number of benzene rings is 2. The van der Waals surface area contributed by atoms with Crippen molar-refractivity contribution in [3.8, 4) is 11.5 Å². The Balaban J connectivity index is 2.22. The summed E-state index contributed by atoms with van der Waals surface area (Å²) in [5.41, 5.74) is 2.51. The molecule has 0 radical (unpaired) electrons. The second-order valence-corrected chi connectivity index (χ2v) is 7.18. The summed E-state index contributed by atoms with van der Waals surface area (Å²) in [7, 11) is 0. The Morgan fingerprint density at radius 2 is 1.84 bits per heavy atom. The van der Waals surface area contributed by atoms with Crippen LogP contribution in [0.15, 0.2) is 59.5 Å². The fraction of sp³-hybridized carbons (Fsp3) is 0.150. The van der Waals surface area contributed by atoms with Crippen molar-refractivity contribution in [2.24, 2.45) is 0 Å². The largest absolute Gasteiger partial charge is 0.477 e. The Morgan fingerprint density at radius 3 is 2.40 bits per heavy atom. The van der Waals surface area contributed by atoms with Gasteiger partial charge in [0.1, 0.15) is 11.5 Å². The van der Waals surface area contributed by atoms with Crippen LogP contribution in [0.3, 0.4) is 0 Å². The third-order valence-electron chi connectivity index (χ3n) is 3.43. The van der Waals surface area contributed by atoms with E-state index >= 15 is 0 Å². The molecule has 0 fully saturated rings.